The Kier molecular flexibility index (Phi) is 2.09. The van der Waals surface area contributed by atoms with Gasteiger partial charge in [0.25, 0.3) is 0 Å². The molecular formula is C10H20N2O. The third-order valence-electron chi connectivity index (χ3n) is 2.80. The molecule has 0 aromatic heterocycles. The Hall–Kier alpha value is -0.730. The maximum Gasteiger partial charge on any atom is 0.318 e. The zero-order valence-corrected chi connectivity index (χ0v) is 9.43. The van der Waals surface area contributed by atoms with Crippen LogP contribution in [-0.2, 0) is 0 Å². The number of hydrogen-bond acceptors (Lipinski definition) is 1. The van der Waals surface area contributed by atoms with Gasteiger partial charge in [-0.15, -0.1) is 0 Å². The first-order chi connectivity index (χ1) is 5.66. The smallest absolute Gasteiger partial charge is 0.318 e. The van der Waals surface area contributed by atoms with Gasteiger partial charge in [0.2, 0.25) is 0 Å². The first kappa shape index (κ1) is 10.4. The quantitative estimate of drug-likeness (QED) is 0.613. The standard InChI is InChI=1S/C10H20N2O/c1-7-10(5,6)11-8(13)12(7)9(2,3)4/h7H,1-6H3,(H,11,13). The maximum absolute atomic E-state index is 11.7. The molecule has 13 heavy (non-hydrogen) atoms. The van der Waals surface area contributed by atoms with E-state index in [-0.39, 0.29) is 23.2 Å². The molecule has 1 rings (SSSR count). The molecule has 1 saturated heterocycles. The summed E-state index contributed by atoms with van der Waals surface area (Å²) in [5, 5.41) is 2.99. The number of hydrogen-bond donors (Lipinski definition) is 1. The highest BCUT2D eigenvalue weighted by Crippen LogP contribution is 2.29. The van der Waals surface area contributed by atoms with Crippen LogP contribution < -0.4 is 5.32 Å². The minimum atomic E-state index is -0.121. The summed E-state index contributed by atoms with van der Waals surface area (Å²) in [6.07, 6.45) is 0. The van der Waals surface area contributed by atoms with E-state index in [1.54, 1.807) is 0 Å². The normalized spacial score (nSPS) is 27.7. The zero-order chi connectivity index (χ0) is 10.4. The van der Waals surface area contributed by atoms with Crippen LogP contribution in [0.25, 0.3) is 0 Å². The van der Waals surface area contributed by atoms with Crippen LogP contribution in [0.5, 0.6) is 0 Å². The summed E-state index contributed by atoms with van der Waals surface area (Å²) >= 11 is 0. The number of nitrogens with one attached hydrogen (secondary N) is 1. The minimum absolute atomic E-state index is 0.0463. The fourth-order valence-corrected chi connectivity index (χ4v) is 1.82. The lowest BCUT2D eigenvalue weighted by molar-refractivity contribution is 0.132. The first-order valence-corrected chi connectivity index (χ1v) is 4.78. The zero-order valence-electron chi connectivity index (χ0n) is 9.43. The fourth-order valence-electron chi connectivity index (χ4n) is 1.82. The molecule has 0 radical (unpaired) electrons. The summed E-state index contributed by atoms with van der Waals surface area (Å²) in [5.41, 5.74) is -0.221. The molecule has 0 aromatic carbocycles. The molecule has 1 heterocycles. The molecule has 76 valence electrons. The fraction of sp³-hybridized carbons (Fsp3) is 0.900. The average Bonchev–Trinajstić information content (AvgIpc) is 1.99. The van der Waals surface area contributed by atoms with E-state index in [9.17, 15) is 4.79 Å². The Balaban J connectivity index is 2.96. The summed E-state index contributed by atoms with van der Waals surface area (Å²) in [4.78, 5) is 13.6. The van der Waals surface area contributed by atoms with Crippen molar-refractivity contribution in [3.8, 4) is 0 Å². The monoisotopic (exact) mass is 184 g/mol. The summed E-state index contributed by atoms with van der Waals surface area (Å²) in [6, 6.07) is 0.282. The Bertz CT molecular complexity index is 228. The Morgan fingerprint density at radius 2 is 1.85 bits per heavy atom. The molecule has 1 atom stereocenters. The van der Waals surface area contributed by atoms with Gasteiger partial charge in [0.1, 0.15) is 0 Å². The van der Waals surface area contributed by atoms with Gasteiger partial charge in [-0.25, -0.2) is 4.79 Å². The van der Waals surface area contributed by atoms with Gasteiger partial charge in [-0.2, -0.15) is 0 Å². The third-order valence-corrected chi connectivity index (χ3v) is 2.80. The molecular weight excluding hydrogens is 164 g/mol. The van der Waals surface area contributed by atoms with Gasteiger partial charge in [-0.05, 0) is 41.5 Å². The number of amides is 2. The summed E-state index contributed by atoms with van der Waals surface area (Å²) in [7, 11) is 0. The maximum atomic E-state index is 11.7. The molecule has 0 saturated carbocycles. The van der Waals surface area contributed by atoms with Crippen LogP contribution in [-0.4, -0.2) is 28.1 Å². The van der Waals surface area contributed by atoms with E-state index >= 15 is 0 Å². The van der Waals surface area contributed by atoms with Crippen molar-refractivity contribution in [1.29, 1.82) is 0 Å². The van der Waals surface area contributed by atoms with Crippen LogP contribution in [0.3, 0.4) is 0 Å². The molecule has 1 fully saturated rings. The lowest BCUT2D eigenvalue weighted by Crippen LogP contribution is -2.49. The van der Waals surface area contributed by atoms with Crippen LogP contribution in [0.2, 0.25) is 0 Å². The van der Waals surface area contributed by atoms with Gasteiger partial charge in [0, 0.05) is 5.54 Å². The van der Waals surface area contributed by atoms with E-state index in [1.807, 2.05) is 4.90 Å². The number of nitrogens with zero attached hydrogens (tertiary/aromatic N) is 1. The molecule has 3 nitrogen and oxygen atoms in total. The highest BCUT2D eigenvalue weighted by atomic mass is 16.2. The van der Waals surface area contributed by atoms with Crippen LogP contribution in [0, 0.1) is 0 Å². The SMILES string of the molecule is CC1N(C(C)(C)C)C(=O)NC1(C)C. The average molecular weight is 184 g/mol. The van der Waals surface area contributed by atoms with E-state index in [4.69, 9.17) is 0 Å². The number of carbonyl (C=O) groups is 1. The van der Waals surface area contributed by atoms with Gasteiger partial charge >= 0.3 is 6.03 Å². The summed E-state index contributed by atoms with van der Waals surface area (Å²) in [6.45, 7) is 12.4. The second-order valence-electron chi connectivity index (χ2n) is 5.37. The van der Waals surface area contributed by atoms with Crippen molar-refractivity contribution in [2.75, 3.05) is 0 Å². The van der Waals surface area contributed by atoms with Crippen molar-refractivity contribution in [2.45, 2.75) is 58.7 Å². The minimum Gasteiger partial charge on any atom is -0.331 e. The van der Waals surface area contributed by atoms with Crippen LogP contribution >= 0.6 is 0 Å². The Labute approximate surface area is 80.5 Å². The van der Waals surface area contributed by atoms with Crippen molar-refractivity contribution < 1.29 is 4.79 Å². The highest BCUT2D eigenvalue weighted by Gasteiger charge is 2.46. The summed E-state index contributed by atoms with van der Waals surface area (Å²) in [5.74, 6) is 0. The Morgan fingerprint density at radius 1 is 1.38 bits per heavy atom. The number of rotatable bonds is 0. The van der Waals surface area contributed by atoms with Gasteiger partial charge in [0.15, 0.2) is 0 Å². The van der Waals surface area contributed by atoms with Crippen molar-refractivity contribution in [3.63, 3.8) is 0 Å². The van der Waals surface area contributed by atoms with Gasteiger partial charge in [-0.1, -0.05) is 0 Å². The summed E-state index contributed by atoms with van der Waals surface area (Å²) < 4.78 is 0. The van der Waals surface area contributed by atoms with Gasteiger partial charge in [0.05, 0.1) is 11.6 Å². The predicted octanol–water partition coefficient (Wildman–Crippen LogP) is 1.98. The van der Waals surface area contributed by atoms with Crippen molar-refractivity contribution >= 4 is 6.03 Å². The van der Waals surface area contributed by atoms with E-state index in [2.05, 4.69) is 46.9 Å². The third kappa shape index (κ3) is 1.64. The molecule has 1 N–H and O–H groups in total. The molecule has 2 amide bonds. The molecule has 0 aliphatic carbocycles. The lowest BCUT2D eigenvalue weighted by atomic mass is 9.94. The predicted molar refractivity (Wildman–Crippen MR) is 53.7 cm³/mol. The highest BCUT2D eigenvalue weighted by molar-refractivity contribution is 5.79. The molecule has 0 spiro atoms. The van der Waals surface area contributed by atoms with E-state index < -0.39 is 0 Å². The first-order valence-electron chi connectivity index (χ1n) is 4.78. The molecule has 0 bridgehead atoms. The number of carbonyl (C=O) groups excluding carboxylic acids is 1. The molecule has 1 aliphatic heterocycles. The van der Waals surface area contributed by atoms with Crippen molar-refractivity contribution in [1.82, 2.24) is 10.2 Å². The molecule has 1 aliphatic rings. The van der Waals surface area contributed by atoms with E-state index in [1.165, 1.54) is 0 Å². The van der Waals surface area contributed by atoms with Crippen molar-refractivity contribution in [3.05, 3.63) is 0 Å². The largest absolute Gasteiger partial charge is 0.331 e. The second-order valence-corrected chi connectivity index (χ2v) is 5.37. The molecule has 3 heteroatoms. The topological polar surface area (TPSA) is 32.3 Å². The lowest BCUT2D eigenvalue weighted by Gasteiger charge is -2.37. The Morgan fingerprint density at radius 3 is 2.00 bits per heavy atom. The van der Waals surface area contributed by atoms with Crippen LogP contribution in [0.4, 0.5) is 4.79 Å². The van der Waals surface area contributed by atoms with E-state index in [0.29, 0.717) is 0 Å². The van der Waals surface area contributed by atoms with Gasteiger partial charge in [-0.3, -0.25) is 0 Å². The number of urea groups is 1. The second kappa shape index (κ2) is 2.63. The van der Waals surface area contributed by atoms with E-state index in [0.717, 1.165) is 0 Å². The van der Waals surface area contributed by atoms with Crippen LogP contribution in [0.1, 0.15) is 41.5 Å². The molecule has 1 unspecified atom stereocenters. The van der Waals surface area contributed by atoms with Gasteiger partial charge < -0.3 is 10.2 Å². The molecule has 0 aromatic rings. The van der Waals surface area contributed by atoms with Crippen molar-refractivity contribution in [2.24, 2.45) is 0 Å². The van der Waals surface area contributed by atoms with Crippen LogP contribution in [0.15, 0.2) is 0 Å².